The first-order valence-corrected chi connectivity index (χ1v) is 15.8. The molecule has 0 aromatic rings. The van der Waals surface area contributed by atoms with Gasteiger partial charge in [-0.2, -0.15) is 0 Å². The molecule has 0 amide bonds. The van der Waals surface area contributed by atoms with Crippen LogP contribution in [0.2, 0.25) is 0 Å². The Kier molecular flexibility index (Phi) is 35.0. The normalized spacial score (nSPS) is 10.6. The van der Waals surface area contributed by atoms with E-state index in [0.717, 1.165) is 12.8 Å². The Morgan fingerprint density at radius 3 is 0.750 bits per heavy atom. The highest BCUT2D eigenvalue weighted by Crippen LogP contribution is 2.13. The van der Waals surface area contributed by atoms with Gasteiger partial charge < -0.3 is 9.47 Å². The Morgan fingerprint density at radius 2 is 0.556 bits per heavy atom. The molecule has 0 radical (unpaired) electrons. The second-order valence-electron chi connectivity index (χ2n) is 10.4. The van der Waals surface area contributed by atoms with Crippen LogP contribution in [0, 0.1) is 0 Å². The lowest BCUT2D eigenvalue weighted by molar-refractivity contribution is -0.141. The molecule has 0 heterocycles. The molecular weight excluding hydrogens is 448 g/mol. The van der Waals surface area contributed by atoms with E-state index in [-0.39, 0.29) is 11.9 Å². The second-order valence-corrected chi connectivity index (χ2v) is 10.4. The summed E-state index contributed by atoms with van der Waals surface area (Å²) < 4.78 is 9.22. The molecule has 0 saturated carbocycles. The molecule has 0 aliphatic heterocycles. The zero-order valence-corrected chi connectivity index (χ0v) is 25.0. The summed E-state index contributed by atoms with van der Waals surface area (Å²) in [4.78, 5) is 21.7. The molecule has 216 valence electrons. The minimum absolute atomic E-state index is 0.0666. The zero-order valence-electron chi connectivity index (χ0n) is 25.0. The molecule has 0 unspecified atom stereocenters. The lowest BCUT2D eigenvalue weighted by Gasteiger charge is -2.03. The van der Waals surface area contributed by atoms with Crippen molar-refractivity contribution in [2.75, 3.05) is 14.2 Å². The van der Waals surface area contributed by atoms with Crippen LogP contribution in [0.25, 0.3) is 0 Å². The number of ether oxygens (including phenoxy) is 2. The highest BCUT2D eigenvalue weighted by molar-refractivity contribution is 5.69. The van der Waals surface area contributed by atoms with Gasteiger partial charge in [0.25, 0.3) is 0 Å². The van der Waals surface area contributed by atoms with E-state index in [0.29, 0.717) is 12.8 Å². The fourth-order valence-corrected chi connectivity index (χ4v) is 4.42. The van der Waals surface area contributed by atoms with Crippen molar-refractivity contribution in [1.29, 1.82) is 0 Å². The minimum atomic E-state index is -0.0686. The predicted octanol–water partition coefficient (Wildman–Crippen LogP) is 10.5. The Bertz CT molecular complexity index is 436. The molecule has 0 aliphatic rings. The third-order valence-electron chi connectivity index (χ3n) is 6.92. The van der Waals surface area contributed by atoms with Crippen LogP contribution in [0.1, 0.15) is 181 Å². The summed E-state index contributed by atoms with van der Waals surface area (Å²) >= 11 is 0. The van der Waals surface area contributed by atoms with Crippen molar-refractivity contribution in [3.8, 4) is 0 Å². The van der Waals surface area contributed by atoms with Gasteiger partial charge in [0.05, 0.1) is 14.2 Å². The first-order chi connectivity index (χ1) is 17.6. The maximum absolute atomic E-state index is 10.9. The lowest BCUT2D eigenvalue weighted by Crippen LogP contribution is -1.99. The molecule has 0 aromatic carbocycles. The molecule has 0 aliphatic carbocycles. The number of carbonyl (C=O) groups excluding carboxylic acids is 2. The number of hydrogen-bond donors (Lipinski definition) is 0. The van der Waals surface area contributed by atoms with Crippen LogP contribution < -0.4 is 0 Å². The summed E-state index contributed by atoms with van der Waals surface area (Å²) in [6, 6.07) is 0. The van der Waals surface area contributed by atoms with Crippen LogP contribution in [-0.2, 0) is 19.1 Å². The summed E-state index contributed by atoms with van der Waals surface area (Å²) in [5, 5.41) is 0. The Hall–Kier alpha value is -1.06. The van der Waals surface area contributed by atoms with Gasteiger partial charge in [-0.1, -0.05) is 155 Å². The van der Waals surface area contributed by atoms with E-state index >= 15 is 0 Å². The van der Waals surface area contributed by atoms with Crippen LogP contribution in [-0.4, -0.2) is 26.2 Å². The second kappa shape index (κ2) is 33.9. The van der Waals surface area contributed by atoms with Gasteiger partial charge in [-0.25, -0.2) is 0 Å². The van der Waals surface area contributed by atoms with E-state index < -0.39 is 0 Å². The number of esters is 2. The van der Waals surface area contributed by atoms with Crippen LogP contribution >= 0.6 is 0 Å². The van der Waals surface area contributed by atoms with Crippen molar-refractivity contribution in [3.05, 3.63) is 0 Å². The van der Waals surface area contributed by atoms with E-state index in [9.17, 15) is 9.59 Å². The summed E-state index contributed by atoms with van der Waals surface area (Å²) in [5.74, 6) is -0.135. The molecule has 36 heavy (non-hydrogen) atoms. The van der Waals surface area contributed by atoms with Gasteiger partial charge in [-0.05, 0) is 12.8 Å². The highest BCUT2D eigenvalue weighted by atomic mass is 16.5. The number of hydrogen-bond acceptors (Lipinski definition) is 4. The van der Waals surface area contributed by atoms with E-state index in [1.54, 1.807) is 0 Å². The molecule has 0 bridgehead atoms. The van der Waals surface area contributed by atoms with Crippen molar-refractivity contribution in [1.82, 2.24) is 0 Å². The molecule has 0 fully saturated rings. The maximum Gasteiger partial charge on any atom is 0.305 e. The van der Waals surface area contributed by atoms with Gasteiger partial charge in [-0.15, -0.1) is 0 Å². The van der Waals surface area contributed by atoms with E-state index in [1.165, 1.54) is 155 Å². The van der Waals surface area contributed by atoms with Gasteiger partial charge in [0.1, 0.15) is 0 Å². The minimum Gasteiger partial charge on any atom is -0.469 e. The number of methoxy groups -OCH3 is 2. The third-order valence-corrected chi connectivity index (χ3v) is 6.92. The monoisotopic (exact) mass is 512 g/mol. The van der Waals surface area contributed by atoms with Gasteiger partial charge in [0.2, 0.25) is 0 Å². The summed E-state index contributed by atoms with van der Waals surface area (Å²) in [5.41, 5.74) is 0. The quantitative estimate of drug-likeness (QED) is 0.0854. The van der Waals surface area contributed by atoms with Crippen molar-refractivity contribution in [2.45, 2.75) is 181 Å². The van der Waals surface area contributed by atoms with Gasteiger partial charge in [-0.3, -0.25) is 9.59 Å². The molecule has 4 heteroatoms. The van der Waals surface area contributed by atoms with E-state index in [2.05, 4.69) is 23.3 Å². The SMILES string of the molecule is CCCCCCCCCCCCCC(=O)OC.CCCCCCCCCCCCCCCC(=O)OC. The largest absolute Gasteiger partial charge is 0.469 e. The molecule has 0 spiro atoms. The van der Waals surface area contributed by atoms with Crippen LogP contribution in [0.4, 0.5) is 0 Å². The number of unbranched alkanes of at least 4 members (excludes halogenated alkanes) is 22. The Labute approximate surface area is 226 Å². The highest BCUT2D eigenvalue weighted by Gasteiger charge is 2.00. The van der Waals surface area contributed by atoms with Gasteiger partial charge in [0, 0.05) is 12.8 Å². The molecule has 0 aromatic heterocycles. The van der Waals surface area contributed by atoms with Crippen molar-refractivity contribution < 1.29 is 19.1 Å². The van der Waals surface area contributed by atoms with Gasteiger partial charge in [0.15, 0.2) is 0 Å². The average Bonchev–Trinajstić information content (AvgIpc) is 2.89. The molecule has 0 saturated heterocycles. The Balaban J connectivity index is 0. The maximum atomic E-state index is 10.9. The van der Waals surface area contributed by atoms with Crippen LogP contribution in [0.15, 0.2) is 0 Å². The van der Waals surface area contributed by atoms with Crippen LogP contribution in [0.3, 0.4) is 0 Å². The molecule has 4 nitrogen and oxygen atoms in total. The van der Waals surface area contributed by atoms with Gasteiger partial charge >= 0.3 is 11.9 Å². The van der Waals surface area contributed by atoms with Crippen LogP contribution in [0.5, 0.6) is 0 Å². The fourth-order valence-electron chi connectivity index (χ4n) is 4.42. The smallest absolute Gasteiger partial charge is 0.305 e. The number of rotatable bonds is 26. The topological polar surface area (TPSA) is 52.6 Å². The Morgan fingerprint density at radius 1 is 0.361 bits per heavy atom. The summed E-state index contributed by atoms with van der Waals surface area (Å²) in [6.07, 6.45) is 33.1. The van der Waals surface area contributed by atoms with Crippen molar-refractivity contribution in [2.24, 2.45) is 0 Å². The zero-order chi connectivity index (χ0) is 27.0. The van der Waals surface area contributed by atoms with E-state index in [4.69, 9.17) is 0 Å². The van der Waals surface area contributed by atoms with Crippen molar-refractivity contribution >= 4 is 11.9 Å². The summed E-state index contributed by atoms with van der Waals surface area (Å²) in [6.45, 7) is 4.53. The predicted molar refractivity (Wildman–Crippen MR) is 155 cm³/mol. The fraction of sp³-hybridized carbons (Fsp3) is 0.938. The van der Waals surface area contributed by atoms with Crippen molar-refractivity contribution in [3.63, 3.8) is 0 Å². The lowest BCUT2D eigenvalue weighted by atomic mass is 10.0. The molecular formula is C32H64O4. The molecule has 0 N–H and O–H groups in total. The average molecular weight is 513 g/mol. The molecule has 0 rings (SSSR count). The summed E-state index contributed by atoms with van der Waals surface area (Å²) in [7, 11) is 2.92. The molecule has 0 atom stereocenters. The standard InChI is InChI=1S/C17H34O2.C15H30O2/c1-3-4-5-6-7-8-9-10-11-12-13-14-15-16-17(18)19-2;1-3-4-5-6-7-8-9-10-11-12-13-14-15(16)17-2/h3-16H2,1-2H3;3-14H2,1-2H3. The van der Waals surface area contributed by atoms with E-state index in [1.807, 2.05) is 0 Å². The first kappa shape index (κ1) is 37.1. The number of carbonyl (C=O) groups is 2. The third kappa shape index (κ3) is 35.1. The first-order valence-electron chi connectivity index (χ1n) is 15.8.